The molecule has 2 N–H and O–H groups in total. The number of benzene rings is 1. The molecular formula is C28H50N3O3+. The van der Waals surface area contributed by atoms with Crippen LogP contribution in [-0.4, -0.2) is 70.5 Å². The highest BCUT2D eigenvalue weighted by Gasteiger charge is 2.55. The van der Waals surface area contributed by atoms with Gasteiger partial charge in [0.05, 0.1) is 26.7 Å². The standard InChI is InChI=1S/C28H49N3O3/c1-10-27(6)20-24(32)22(3)28(7,11-2)30(27)34-26(4,5)25(33)29-18-15-19-31(8,9)21-23-16-13-12-14-17-23/h12-14,16-17,22,24,32H,10-11,15,18-21H2,1-9H3/p+1. The van der Waals surface area contributed by atoms with Crippen LogP contribution in [0.5, 0.6) is 0 Å². The number of rotatable bonds is 11. The Labute approximate surface area is 208 Å². The Morgan fingerprint density at radius 3 is 2.38 bits per heavy atom. The number of hydrogen-bond acceptors (Lipinski definition) is 4. The van der Waals surface area contributed by atoms with Crippen LogP contribution in [0.2, 0.25) is 0 Å². The molecule has 2 rings (SSSR count). The molecule has 0 bridgehead atoms. The Morgan fingerprint density at radius 1 is 1.21 bits per heavy atom. The van der Waals surface area contributed by atoms with Gasteiger partial charge in [0.15, 0.2) is 5.60 Å². The van der Waals surface area contributed by atoms with Crippen LogP contribution in [0.3, 0.4) is 0 Å². The van der Waals surface area contributed by atoms with Crippen LogP contribution >= 0.6 is 0 Å². The highest BCUT2D eigenvalue weighted by molar-refractivity contribution is 5.84. The number of aliphatic hydroxyl groups is 1. The van der Waals surface area contributed by atoms with Gasteiger partial charge in [0.2, 0.25) is 0 Å². The molecule has 1 aliphatic heterocycles. The second-order valence-corrected chi connectivity index (χ2v) is 11.9. The summed E-state index contributed by atoms with van der Waals surface area (Å²) in [6.07, 6.45) is 2.80. The van der Waals surface area contributed by atoms with Crippen LogP contribution in [0.25, 0.3) is 0 Å². The van der Waals surface area contributed by atoms with Crippen LogP contribution in [0.4, 0.5) is 0 Å². The van der Waals surface area contributed by atoms with Crippen molar-refractivity contribution in [3.05, 3.63) is 35.9 Å². The van der Waals surface area contributed by atoms with Gasteiger partial charge in [-0.1, -0.05) is 51.1 Å². The van der Waals surface area contributed by atoms with E-state index in [-0.39, 0.29) is 29.0 Å². The molecule has 1 heterocycles. The van der Waals surface area contributed by atoms with Crippen molar-refractivity contribution in [2.24, 2.45) is 5.92 Å². The van der Waals surface area contributed by atoms with Crippen molar-refractivity contribution in [2.75, 3.05) is 27.2 Å². The van der Waals surface area contributed by atoms with Crippen molar-refractivity contribution < 1.29 is 19.2 Å². The third-order valence-corrected chi connectivity index (χ3v) is 8.18. The molecule has 1 aromatic rings. The predicted molar refractivity (Wildman–Crippen MR) is 139 cm³/mol. The molecule has 4 atom stereocenters. The van der Waals surface area contributed by atoms with Gasteiger partial charge in [-0.3, -0.25) is 9.63 Å². The zero-order chi connectivity index (χ0) is 25.8. The fraction of sp³-hybridized carbons (Fsp3) is 0.750. The first kappa shape index (κ1) is 28.8. The molecule has 34 heavy (non-hydrogen) atoms. The quantitative estimate of drug-likeness (QED) is 0.364. The Bertz CT molecular complexity index is 797. The fourth-order valence-corrected chi connectivity index (χ4v) is 5.24. The Balaban J connectivity index is 1.98. The molecule has 1 fully saturated rings. The van der Waals surface area contributed by atoms with Gasteiger partial charge in [0.25, 0.3) is 5.91 Å². The van der Waals surface area contributed by atoms with E-state index in [0.29, 0.717) is 13.0 Å². The second-order valence-electron chi connectivity index (χ2n) is 11.9. The summed E-state index contributed by atoms with van der Waals surface area (Å²) >= 11 is 0. The van der Waals surface area contributed by atoms with Gasteiger partial charge in [0.1, 0.15) is 6.54 Å². The van der Waals surface area contributed by atoms with Gasteiger partial charge in [-0.2, -0.15) is 5.06 Å². The van der Waals surface area contributed by atoms with Crippen molar-refractivity contribution in [3.63, 3.8) is 0 Å². The molecule has 1 amide bonds. The molecular weight excluding hydrogens is 426 g/mol. The summed E-state index contributed by atoms with van der Waals surface area (Å²) in [5.41, 5.74) is -0.389. The zero-order valence-electron chi connectivity index (χ0n) is 23.1. The smallest absolute Gasteiger partial charge is 0.253 e. The maximum atomic E-state index is 13.2. The van der Waals surface area contributed by atoms with Crippen molar-refractivity contribution in [1.82, 2.24) is 10.4 Å². The molecule has 194 valence electrons. The van der Waals surface area contributed by atoms with Gasteiger partial charge >= 0.3 is 0 Å². The molecule has 0 aliphatic carbocycles. The van der Waals surface area contributed by atoms with Gasteiger partial charge in [0, 0.05) is 35.5 Å². The van der Waals surface area contributed by atoms with E-state index < -0.39 is 5.60 Å². The SMILES string of the molecule is CCC1(C)CC(O)C(C)C(C)(CC)N1OC(C)(C)C(=O)NCCC[N+](C)(C)Cc1ccccc1. The highest BCUT2D eigenvalue weighted by atomic mass is 16.7. The molecule has 4 unspecified atom stereocenters. The van der Waals surface area contributed by atoms with E-state index in [0.717, 1.165) is 36.8 Å². The van der Waals surface area contributed by atoms with E-state index in [1.807, 2.05) is 19.9 Å². The lowest BCUT2D eigenvalue weighted by atomic mass is 9.69. The van der Waals surface area contributed by atoms with Crippen molar-refractivity contribution in [3.8, 4) is 0 Å². The maximum absolute atomic E-state index is 13.2. The summed E-state index contributed by atoms with van der Waals surface area (Å²) in [5, 5.41) is 15.9. The monoisotopic (exact) mass is 476 g/mol. The van der Waals surface area contributed by atoms with Gasteiger partial charge < -0.3 is 14.9 Å². The summed E-state index contributed by atoms with van der Waals surface area (Å²) in [5.74, 6) is -0.0582. The Morgan fingerprint density at radius 2 is 1.82 bits per heavy atom. The second kappa shape index (κ2) is 11.1. The normalized spacial score (nSPS) is 28.6. The number of aliphatic hydroxyl groups excluding tert-OH is 1. The molecule has 0 radical (unpaired) electrons. The molecule has 1 saturated heterocycles. The lowest BCUT2D eigenvalue weighted by molar-refractivity contribution is -0.903. The Kier molecular flexibility index (Phi) is 9.36. The number of nitrogens with zero attached hydrogens (tertiary/aromatic N) is 2. The van der Waals surface area contributed by atoms with E-state index in [9.17, 15) is 9.90 Å². The summed E-state index contributed by atoms with van der Waals surface area (Å²) in [4.78, 5) is 19.7. The van der Waals surface area contributed by atoms with E-state index in [1.165, 1.54) is 5.56 Å². The minimum Gasteiger partial charge on any atom is -0.393 e. The van der Waals surface area contributed by atoms with E-state index in [2.05, 4.69) is 83.4 Å². The first-order valence-corrected chi connectivity index (χ1v) is 13.0. The van der Waals surface area contributed by atoms with Crippen LogP contribution in [-0.2, 0) is 16.2 Å². The summed E-state index contributed by atoms with van der Waals surface area (Å²) in [6.45, 7) is 16.9. The number of quaternary nitrogens is 1. The Hall–Kier alpha value is -1.47. The largest absolute Gasteiger partial charge is 0.393 e. The van der Waals surface area contributed by atoms with Crippen LogP contribution < -0.4 is 5.32 Å². The van der Waals surface area contributed by atoms with Crippen LogP contribution in [0.1, 0.15) is 79.7 Å². The fourth-order valence-electron chi connectivity index (χ4n) is 5.24. The molecule has 0 spiro atoms. The molecule has 6 nitrogen and oxygen atoms in total. The number of carbonyl (C=O) groups is 1. The first-order valence-electron chi connectivity index (χ1n) is 13.0. The van der Waals surface area contributed by atoms with E-state index in [4.69, 9.17) is 4.84 Å². The third kappa shape index (κ3) is 6.60. The topological polar surface area (TPSA) is 61.8 Å². The van der Waals surface area contributed by atoms with Gasteiger partial charge in [-0.15, -0.1) is 0 Å². The minimum atomic E-state index is -1.01. The zero-order valence-corrected chi connectivity index (χ0v) is 23.1. The summed E-state index contributed by atoms with van der Waals surface area (Å²) < 4.78 is 0.872. The van der Waals surface area contributed by atoms with Crippen molar-refractivity contribution in [2.45, 2.75) is 103 Å². The number of piperidine rings is 1. The number of hydrogen-bond donors (Lipinski definition) is 2. The average molecular weight is 477 g/mol. The summed E-state index contributed by atoms with van der Waals surface area (Å²) in [7, 11) is 4.45. The van der Waals surface area contributed by atoms with E-state index in [1.54, 1.807) is 0 Å². The highest BCUT2D eigenvalue weighted by Crippen LogP contribution is 2.46. The van der Waals surface area contributed by atoms with Gasteiger partial charge in [-0.25, -0.2) is 0 Å². The molecule has 1 aliphatic rings. The summed E-state index contributed by atoms with van der Waals surface area (Å²) in [6, 6.07) is 10.5. The van der Waals surface area contributed by atoms with Crippen LogP contribution in [0.15, 0.2) is 30.3 Å². The maximum Gasteiger partial charge on any atom is 0.253 e. The van der Waals surface area contributed by atoms with Gasteiger partial charge in [-0.05, 0) is 47.0 Å². The molecule has 0 aromatic heterocycles. The number of amides is 1. The average Bonchev–Trinajstić information content (AvgIpc) is 2.78. The minimum absolute atomic E-state index is 0.0422. The lowest BCUT2D eigenvalue weighted by Crippen LogP contribution is -2.69. The molecule has 1 aromatic carbocycles. The number of carbonyl (C=O) groups excluding carboxylic acids is 1. The predicted octanol–water partition coefficient (Wildman–Crippen LogP) is 4.52. The number of nitrogens with one attached hydrogen (secondary N) is 1. The van der Waals surface area contributed by atoms with E-state index >= 15 is 0 Å². The van der Waals surface area contributed by atoms with Crippen molar-refractivity contribution in [1.29, 1.82) is 0 Å². The number of hydroxylamine groups is 2. The third-order valence-electron chi connectivity index (χ3n) is 8.18. The van der Waals surface area contributed by atoms with Crippen molar-refractivity contribution >= 4 is 5.91 Å². The van der Waals surface area contributed by atoms with Crippen LogP contribution in [0, 0.1) is 5.92 Å². The molecule has 6 heteroatoms. The molecule has 0 saturated carbocycles. The lowest BCUT2D eigenvalue weighted by Gasteiger charge is -2.59. The first-order chi connectivity index (χ1) is 15.7.